The second kappa shape index (κ2) is 8.82. The molecule has 0 spiro atoms. The molecule has 2 aromatic rings. The van der Waals surface area contributed by atoms with Gasteiger partial charge in [0.05, 0.1) is 12.8 Å². The monoisotopic (exact) mass is 457 g/mol. The number of aryl methyl sites for hydroxylation is 1. The van der Waals surface area contributed by atoms with Crippen LogP contribution in [0, 0.1) is 0 Å². The number of sulfonamides is 1. The SMILES string of the molecule is COc1ccc(C(=O)N2CCCC[C@@H]2C(N)=O)cc1S(=O)(=O)N1CCCc2ccccc21. The number of carbonyl (C=O) groups is 2. The van der Waals surface area contributed by atoms with E-state index in [9.17, 15) is 18.0 Å². The Hall–Kier alpha value is -3.07. The number of rotatable bonds is 5. The van der Waals surface area contributed by atoms with Crippen molar-refractivity contribution in [1.82, 2.24) is 4.90 Å². The van der Waals surface area contributed by atoms with Crippen molar-refractivity contribution in [2.45, 2.75) is 43.0 Å². The predicted octanol–water partition coefficient (Wildman–Crippen LogP) is 2.32. The van der Waals surface area contributed by atoms with E-state index in [1.165, 1.54) is 34.5 Å². The van der Waals surface area contributed by atoms with Crippen molar-refractivity contribution in [2.24, 2.45) is 5.73 Å². The maximum absolute atomic E-state index is 13.7. The smallest absolute Gasteiger partial charge is 0.268 e. The number of hydrogen-bond donors (Lipinski definition) is 1. The Morgan fingerprint density at radius 1 is 1.06 bits per heavy atom. The molecule has 0 radical (unpaired) electrons. The number of nitrogens with zero attached hydrogens (tertiary/aromatic N) is 2. The highest BCUT2D eigenvalue weighted by Crippen LogP contribution is 2.35. The number of amides is 2. The zero-order valence-corrected chi connectivity index (χ0v) is 18.8. The van der Waals surface area contributed by atoms with E-state index < -0.39 is 27.9 Å². The van der Waals surface area contributed by atoms with Crippen molar-refractivity contribution >= 4 is 27.5 Å². The molecule has 0 unspecified atom stereocenters. The third-order valence-electron chi connectivity index (χ3n) is 6.14. The number of anilines is 1. The average molecular weight is 458 g/mol. The first-order chi connectivity index (χ1) is 15.3. The van der Waals surface area contributed by atoms with Crippen molar-refractivity contribution < 1.29 is 22.7 Å². The lowest BCUT2D eigenvalue weighted by atomic mass is 10.0. The summed E-state index contributed by atoms with van der Waals surface area (Å²) in [5, 5.41) is 0. The maximum atomic E-state index is 13.7. The lowest BCUT2D eigenvalue weighted by Crippen LogP contribution is -2.50. The minimum absolute atomic E-state index is 0.0739. The molecule has 2 aliphatic rings. The summed E-state index contributed by atoms with van der Waals surface area (Å²) in [7, 11) is -2.59. The minimum atomic E-state index is -3.99. The molecule has 2 heterocycles. The van der Waals surface area contributed by atoms with Gasteiger partial charge in [-0.05, 0) is 61.9 Å². The van der Waals surface area contributed by atoms with Crippen LogP contribution in [0.5, 0.6) is 5.75 Å². The van der Waals surface area contributed by atoms with E-state index >= 15 is 0 Å². The van der Waals surface area contributed by atoms with E-state index in [4.69, 9.17) is 10.5 Å². The molecule has 1 fully saturated rings. The van der Waals surface area contributed by atoms with E-state index in [0.717, 1.165) is 24.8 Å². The third-order valence-corrected chi connectivity index (χ3v) is 7.97. The van der Waals surface area contributed by atoms with Crippen molar-refractivity contribution in [1.29, 1.82) is 0 Å². The highest BCUT2D eigenvalue weighted by Gasteiger charge is 2.34. The average Bonchev–Trinajstić information content (AvgIpc) is 2.82. The molecule has 32 heavy (non-hydrogen) atoms. The molecule has 1 saturated heterocycles. The molecule has 2 N–H and O–H groups in total. The van der Waals surface area contributed by atoms with Gasteiger partial charge < -0.3 is 15.4 Å². The van der Waals surface area contributed by atoms with E-state index in [1.807, 2.05) is 18.2 Å². The number of hydrogen-bond acceptors (Lipinski definition) is 5. The topological polar surface area (TPSA) is 110 Å². The van der Waals surface area contributed by atoms with Crippen LogP contribution in [-0.2, 0) is 21.2 Å². The molecular formula is C23H27N3O5S. The van der Waals surface area contributed by atoms with Crippen molar-refractivity contribution in [2.75, 3.05) is 24.5 Å². The first-order valence-corrected chi connectivity index (χ1v) is 12.2. The Kier molecular flexibility index (Phi) is 6.10. The molecule has 2 aliphatic heterocycles. The van der Waals surface area contributed by atoms with Crippen molar-refractivity contribution in [3.05, 3.63) is 53.6 Å². The molecule has 0 aliphatic carbocycles. The number of carbonyl (C=O) groups excluding carboxylic acids is 2. The van der Waals surface area contributed by atoms with E-state index in [-0.39, 0.29) is 16.2 Å². The van der Waals surface area contributed by atoms with Crippen LogP contribution in [0.3, 0.4) is 0 Å². The summed E-state index contributed by atoms with van der Waals surface area (Å²) in [5.41, 5.74) is 7.29. The second-order valence-electron chi connectivity index (χ2n) is 8.09. The number of piperidine rings is 1. The van der Waals surface area contributed by atoms with Gasteiger partial charge in [0.15, 0.2) is 0 Å². The number of fused-ring (bicyclic) bond motifs is 1. The molecule has 4 rings (SSSR count). The van der Waals surface area contributed by atoms with Gasteiger partial charge in [-0.2, -0.15) is 0 Å². The molecule has 170 valence electrons. The lowest BCUT2D eigenvalue weighted by molar-refractivity contribution is -0.123. The van der Waals surface area contributed by atoms with Crippen LogP contribution >= 0.6 is 0 Å². The molecule has 8 nitrogen and oxygen atoms in total. The number of ether oxygens (including phenoxy) is 1. The highest BCUT2D eigenvalue weighted by atomic mass is 32.2. The van der Waals surface area contributed by atoms with Gasteiger partial charge in [0.2, 0.25) is 5.91 Å². The highest BCUT2D eigenvalue weighted by molar-refractivity contribution is 7.93. The fraction of sp³-hybridized carbons (Fsp3) is 0.391. The van der Waals surface area contributed by atoms with Crippen LogP contribution in [0.15, 0.2) is 47.4 Å². The van der Waals surface area contributed by atoms with Crippen LogP contribution in [0.25, 0.3) is 0 Å². The van der Waals surface area contributed by atoms with Gasteiger partial charge in [-0.25, -0.2) is 8.42 Å². The normalized spacial score (nSPS) is 18.7. The van der Waals surface area contributed by atoms with Gasteiger partial charge in [-0.15, -0.1) is 0 Å². The second-order valence-corrected chi connectivity index (χ2v) is 9.92. The van der Waals surface area contributed by atoms with Gasteiger partial charge in [0.25, 0.3) is 15.9 Å². The standard InChI is InChI=1S/C23H27N3O5S/c1-31-20-12-11-17(23(28)25-13-5-4-10-19(25)22(24)27)15-21(20)32(29,30)26-14-6-8-16-7-2-3-9-18(16)26/h2-3,7,9,11-12,15,19H,4-6,8,10,13-14H2,1H3,(H2,24,27)/t19-/m1/s1. The predicted molar refractivity (Wildman–Crippen MR) is 120 cm³/mol. The molecular weight excluding hydrogens is 430 g/mol. The van der Waals surface area contributed by atoms with E-state index in [0.29, 0.717) is 31.6 Å². The van der Waals surface area contributed by atoms with Gasteiger partial charge in [-0.1, -0.05) is 18.2 Å². The first-order valence-electron chi connectivity index (χ1n) is 10.7. The third kappa shape index (κ3) is 3.92. The molecule has 0 saturated carbocycles. The van der Waals surface area contributed by atoms with Gasteiger partial charge in [0.1, 0.15) is 16.7 Å². The zero-order chi connectivity index (χ0) is 22.9. The van der Waals surface area contributed by atoms with Crippen LogP contribution in [0.4, 0.5) is 5.69 Å². The van der Waals surface area contributed by atoms with Gasteiger partial charge >= 0.3 is 0 Å². The van der Waals surface area contributed by atoms with Crippen molar-refractivity contribution in [3.63, 3.8) is 0 Å². The van der Waals surface area contributed by atoms with Gasteiger partial charge in [0, 0.05) is 18.7 Å². The number of benzene rings is 2. The number of nitrogens with two attached hydrogens (primary N) is 1. The van der Waals surface area contributed by atoms with Crippen LogP contribution in [0.1, 0.15) is 41.6 Å². The maximum Gasteiger partial charge on any atom is 0.268 e. The molecule has 2 amide bonds. The Labute approximate surface area is 188 Å². The Morgan fingerprint density at radius 3 is 2.59 bits per heavy atom. The van der Waals surface area contributed by atoms with Crippen LogP contribution in [0.2, 0.25) is 0 Å². The van der Waals surface area contributed by atoms with Crippen LogP contribution < -0.4 is 14.8 Å². The number of primary amides is 1. The molecule has 1 atom stereocenters. The summed E-state index contributed by atoms with van der Waals surface area (Å²) in [6.45, 7) is 0.747. The summed E-state index contributed by atoms with van der Waals surface area (Å²) < 4.78 is 34.1. The quantitative estimate of drug-likeness (QED) is 0.741. The number of likely N-dealkylation sites (tertiary alicyclic amines) is 1. The summed E-state index contributed by atoms with van der Waals surface area (Å²) in [6, 6.07) is 11.1. The van der Waals surface area contributed by atoms with E-state index in [2.05, 4.69) is 0 Å². The fourth-order valence-corrected chi connectivity index (χ4v) is 6.24. The number of methoxy groups -OCH3 is 1. The van der Waals surface area contributed by atoms with Crippen molar-refractivity contribution in [3.8, 4) is 5.75 Å². The fourth-order valence-electron chi connectivity index (χ4n) is 4.52. The summed E-state index contributed by atoms with van der Waals surface area (Å²) in [5.74, 6) is -0.800. The van der Waals surface area contributed by atoms with Gasteiger partial charge in [-0.3, -0.25) is 13.9 Å². The Morgan fingerprint density at radius 2 is 1.84 bits per heavy atom. The van der Waals surface area contributed by atoms with Crippen LogP contribution in [-0.4, -0.2) is 51.4 Å². The first kappa shape index (κ1) is 22.1. The Bertz CT molecular complexity index is 1150. The Balaban J connectivity index is 1.75. The zero-order valence-electron chi connectivity index (χ0n) is 18.0. The van der Waals surface area contributed by atoms with E-state index in [1.54, 1.807) is 6.07 Å². The lowest BCUT2D eigenvalue weighted by Gasteiger charge is -2.34. The minimum Gasteiger partial charge on any atom is -0.495 e. The molecule has 2 aromatic carbocycles. The summed E-state index contributed by atoms with van der Waals surface area (Å²) >= 11 is 0. The summed E-state index contributed by atoms with van der Waals surface area (Å²) in [6.07, 6.45) is 3.59. The molecule has 0 aromatic heterocycles. The largest absolute Gasteiger partial charge is 0.495 e. The summed E-state index contributed by atoms with van der Waals surface area (Å²) in [4.78, 5) is 26.5. The number of para-hydroxylation sites is 1. The molecule has 9 heteroatoms. The molecule has 0 bridgehead atoms.